The van der Waals surface area contributed by atoms with Gasteiger partial charge in [-0.3, -0.25) is 9.36 Å². The van der Waals surface area contributed by atoms with Gasteiger partial charge in [-0.05, 0) is 12.5 Å². The highest BCUT2D eigenvalue weighted by atomic mass is 31.2. The average molecular weight is 248 g/mol. The van der Waals surface area contributed by atoms with E-state index in [9.17, 15) is 9.36 Å². The number of hydrogen-bond acceptors (Lipinski definition) is 3. The number of carbonyl (C=O) groups is 1. The van der Waals surface area contributed by atoms with Gasteiger partial charge in [-0.2, -0.15) is 0 Å². The Labute approximate surface area is 95.4 Å². The summed E-state index contributed by atoms with van der Waals surface area (Å²) in [5, 5.41) is 0. The van der Waals surface area contributed by atoms with Gasteiger partial charge in [0.25, 0.3) is 7.37 Å². The van der Waals surface area contributed by atoms with Crippen molar-refractivity contribution in [1.82, 2.24) is 0 Å². The first-order chi connectivity index (χ1) is 6.63. The summed E-state index contributed by atoms with van der Waals surface area (Å²) in [6.45, 7) is 11.0. The summed E-state index contributed by atoms with van der Waals surface area (Å²) in [7, 11) is -3.02. The van der Waals surface area contributed by atoms with Crippen molar-refractivity contribution in [3.05, 3.63) is 0 Å². The van der Waals surface area contributed by atoms with Crippen LogP contribution < -0.4 is 0 Å². The quantitative estimate of drug-likeness (QED) is 0.554. The van der Waals surface area contributed by atoms with Crippen LogP contribution in [0.2, 0.25) is 6.55 Å². The largest absolute Gasteiger partial charge is 0.366 e. The molecule has 0 spiro atoms. The third-order valence-corrected chi connectivity index (χ3v) is 6.21. The molecule has 0 aliphatic heterocycles. The molecule has 1 atom stereocenters. The predicted octanol–water partition coefficient (Wildman–Crippen LogP) is 3.18. The van der Waals surface area contributed by atoms with Gasteiger partial charge >= 0.3 is 0 Å². The van der Waals surface area contributed by atoms with Crippen molar-refractivity contribution < 1.29 is 13.6 Å². The Morgan fingerprint density at radius 1 is 1.40 bits per heavy atom. The molecule has 0 aromatic heterocycles. The summed E-state index contributed by atoms with van der Waals surface area (Å²) < 4.78 is 17.7. The molecule has 0 rings (SSSR count). The van der Waals surface area contributed by atoms with Gasteiger partial charge in [0, 0.05) is 11.6 Å². The first-order valence-corrected chi connectivity index (χ1v) is 8.34. The minimum atomic E-state index is -3.11. The third kappa shape index (κ3) is 4.62. The molecule has 0 bridgehead atoms. The van der Waals surface area contributed by atoms with Gasteiger partial charge in [-0.25, -0.2) is 0 Å². The van der Waals surface area contributed by atoms with Gasteiger partial charge < -0.3 is 4.21 Å². The van der Waals surface area contributed by atoms with Crippen molar-refractivity contribution in [2.24, 2.45) is 11.3 Å². The summed E-state index contributed by atoms with van der Waals surface area (Å²) in [5.41, 5.74) is -0.831. The highest BCUT2D eigenvalue weighted by molar-refractivity contribution is 7.77. The van der Waals surface area contributed by atoms with E-state index < -0.39 is 12.8 Å². The lowest BCUT2D eigenvalue weighted by Gasteiger charge is -2.25. The van der Waals surface area contributed by atoms with Gasteiger partial charge in [0.2, 0.25) is 15.3 Å². The van der Waals surface area contributed by atoms with Crippen molar-refractivity contribution in [2.75, 3.05) is 6.16 Å². The minimum Gasteiger partial charge on any atom is -0.366 e. The van der Waals surface area contributed by atoms with Crippen molar-refractivity contribution in [3.63, 3.8) is 0 Å². The molecule has 0 saturated carbocycles. The molecular formula is C10H21O3PSi. The van der Waals surface area contributed by atoms with Crippen LogP contribution in [0.3, 0.4) is 0 Å². The Bertz CT molecular complexity index is 268. The molecular weight excluding hydrogens is 227 g/mol. The molecule has 3 nitrogen and oxygen atoms in total. The van der Waals surface area contributed by atoms with E-state index in [1.54, 1.807) is 27.3 Å². The van der Waals surface area contributed by atoms with E-state index in [-0.39, 0.29) is 21.2 Å². The van der Waals surface area contributed by atoms with Crippen LogP contribution in [-0.2, 0) is 13.6 Å². The van der Waals surface area contributed by atoms with Crippen LogP contribution in [0, 0.1) is 11.3 Å². The molecule has 0 heterocycles. The Balaban J connectivity index is 4.95. The second-order valence-electron chi connectivity index (χ2n) is 5.10. The highest BCUT2D eigenvalue weighted by Crippen LogP contribution is 2.53. The van der Waals surface area contributed by atoms with Gasteiger partial charge in [0.05, 0.1) is 0 Å². The van der Waals surface area contributed by atoms with Crippen molar-refractivity contribution in [1.29, 1.82) is 0 Å². The Morgan fingerprint density at radius 2 is 1.87 bits per heavy atom. The summed E-state index contributed by atoms with van der Waals surface area (Å²) in [5.74, 6) is 0.207. The number of hydrogen-bond donors (Lipinski definition) is 0. The molecule has 88 valence electrons. The Hall–Kier alpha value is 0.0769. The fourth-order valence-corrected chi connectivity index (χ4v) is 5.26. The fourth-order valence-electron chi connectivity index (χ4n) is 1.30. The smallest absolute Gasteiger partial charge is 0.257 e. The van der Waals surface area contributed by atoms with E-state index in [4.69, 9.17) is 4.21 Å². The topological polar surface area (TPSA) is 43.4 Å². The molecule has 15 heavy (non-hydrogen) atoms. The summed E-state index contributed by atoms with van der Waals surface area (Å²) in [4.78, 5) is 12.0. The van der Waals surface area contributed by atoms with Crippen LogP contribution in [0.25, 0.3) is 0 Å². The maximum absolute atomic E-state index is 12.4. The lowest BCUT2D eigenvalue weighted by molar-refractivity contribution is -0.119. The van der Waals surface area contributed by atoms with E-state index in [1.807, 2.05) is 13.8 Å². The second kappa shape index (κ2) is 5.42. The number of carbonyl (C=O) groups excluding carboxylic acids is 1. The Kier molecular flexibility index (Phi) is 5.45. The zero-order valence-electron chi connectivity index (χ0n) is 10.5. The van der Waals surface area contributed by atoms with Crippen molar-refractivity contribution in [3.8, 4) is 0 Å². The number of rotatable bonds is 5. The third-order valence-electron chi connectivity index (χ3n) is 1.80. The van der Waals surface area contributed by atoms with E-state index in [0.29, 0.717) is 6.16 Å². The van der Waals surface area contributed by atoms with Crippen LogP contribution in [0.5, 0.6) is 0 Å². The molecule has 0 aliphatic rings. The molecule has 0 fully saturated rings. The van der Waals surface area contributed by atoms with E-state index in [1.165, 1.54) is 0 Å². The van der Waals surface area contributed by atoms with E-state index >= 15 is 0 Å². The van der Waals surface area contributed by atoms with E-state index in [0.717, 1.165) is 0 Å². The molecule has 0 aromatic rings. The maximum atomic E-state index is 12.4. The monoisotopic (exact) mass is 248 g/mol. The van der Waals surface area contributed by atoms with Gasteiger partial charge in [-0.15, -0.1) is 0 Å². The van der Waals surface area contributed by atoms with Crippen LogP contribution in [0.1, 0.15) is 34.6 Å². The standard InChI is InChI=1S/C10H21O3PSi/c1-8(2)7-14(12,13-15-6)9(11)10(3,4)5/h8H,7H2,1-6H3. The molecule has 1 unspecified atom stereocenters. The van der Waals surface area contributed by atoms with Crippen LogP contribution in [-0.4, -0.2) is 21.4 Å². The minimum absolute atomic E-state index is 0.0966. The van der Waals surface area contributed by atoms with E-state index in [2.05, 4.69) is 0 Å². The van der Waals surface area contributed by atoms with Crippen LogP contribution >= 0.6 is 7.37 Å². The zero-order chi connectivity index (χ0) is 12.3. The molecule has 0 aromatic carbocycles. The fraction of sp³-hybridized carbons (Fsp3) is 0.900. The average Bonchev–Trinajstić information content (AvgIpc) is 2.00. The normalized spacial score (nSPS) is 16.5. The lowest BCUT2D eigenvalue weighted by Crippen LogP contribution is -2.24. The van der Waals surface area contributed by atoms with Gasteiger partial charge in [-0.1, -0.05) is 34.6 Å². The summed E-state index contributed by atoms with van der Waals surface area (Å²) in [6.07, 6.45) is 0.351. The first kappa shape index (κ1) is 15.1. The molecule has 5 heteroatoms. The molecule has 0 N–H and O–H groups in total. The van der Waals surface area contributed by atoms with Crippen LogP contribution in [0.15, 0.2) is 0 Å². The molecule has 0 aliphatic carbocycles. The highest BCUT2D eigenvalue weighted by Gasteiger charge is 2.40. The maximum Gasteiger partial charge on any atom is 0.257 e. The molecule has 2 radical (unpaired) electrons. The Morgan fingerprint density at radius 3 is 2.13 bits per heavy atom. The summed E-state index contributed by atoms with van der Waals surface area (Å²) >= 11 is 0. The predicted molar refractivity (Wildman–Crippen MR) is 64.5 cm³/mol. The zero-order valence-corrected chi connectivity index (χ0v) is 12.4. The lowest BCUT2D eigenvalue weighted by atomic mass is 9.99. The SMILES string of the molecule is C[Si]OP(=O)(CC(C)C)C(=O)C(C)(C)C. The summed E-state index contributed by atoms with van der Waals surface area (Å²) in [6, 6.07) is 0. The second-order valence-corrected chi connectivity index (χ2v) is 8.36. The van der Waals surface area contributed by atoms with Gasteiger partial charge in [0.15, 0.2) is 0 Å². The van der Waals surface area contributed by atoms with Gasteiger partial charge in [0.1, 0.15) is 0 Å². The first-order valence-electron chi connectivity index (χ1n) is 5.13. The molecule has 0 saturated heterocycles. The van der Waals surface area contributed by atoms with Crippen LogP contribution in [0.4, 0.5) is 0 Å². The molecule has 0 amide bonds. The van der Waals surface area contributed by atoms with Crippen molar-refractivity contribution >= 4 is 22.7 Å². The van der Waals surface area contributed by atoms with Crippen molar-refractivity contribution in [2.45, 2.75) is 41.2 Å².